The molecule has 3 aromatic rings. The number of H-pyrrole nitrogens is 1. The molecular formula is C18H17N3O2S. The van der Waals surface area contributed by atoms with Crippen molar-refractivity contribution >= 4 is 28.0 Å². The second-order valence-electron chi connectivity index (χ2n) is 5.60. The van der Waals surface area contributed by atoms with Crippen LogP contribution in [0.1, 0.15) is 27.7 Å². The number of fused-ring (bicyclic) bond motifs is 3. The van der Waals surface area contributed by atoms with Crippen molar-refractivity contribution in [1.82, 2.24) is 10.2 Å². The minimum absolute atomic E-state index is 0.247. The van der Waals surface area contributed by atoms with Gasteiger partial charge in [-0.3, -0.25) is 5.10 Å². The number of para-hydroxylation sites is 1. The Morgan fingerprint density at radius 3 is 2.96 bits per heavy atom. The number of anilines is 2. The number of benzene rings is 1. The molecule has 0 unspecified atom stereocenters. The van der Waals surface area contributed by atoms with E-state index in [4.69, 9.17) is 4.74 Å². The Morgan fingerprint density at radius 2 is 2.17 bits per heavy atom. The standard InChI is InChI=1S/C18H17N3O2S/c1-2-23-18(22)16-13-9-8-11-10-19-21-15(11)14(13)17(24-16)20-12-6-4-3-5-7-12/h3-7,10,20H,2,8-9H2,1H3,(H,19,21). The van der Waals surface area contributed by atoms with E-state index in [1.165, 1.54) is 16.9 Å². The van der Waals surface area contributed by atoms with E-state index >= 15 is 0 Å². The molecule has 1 aliphatic carbocycles. The number of esters is 1. The monoisotopic (exact) mass is 339 g/mol. The number of hydrogen-bond acceptors (Lipinski definition) is 5. The molecule has 1 aromatic carbocycles. The van der Waals surface area contributed by atoms with E-state index < -0.39 is 0 Å². The van der Waals surface area contributed by atoms with Gasteiger partial charge in [-0.2, -0.15) is 5.10 Å². The summed E-state index contributed by atoms with van der Waals surface area (Å²) >= 11 is 1.45. The summed E-state index contributed by atoms with van der Waals surface area (Å²) in [5.74, 6) is -0.247. The van der Waals surface area contributed by atoms with Crippen LogP contribution in [0.4, 0.5) is 10.7 Å². The summed E-state index contributed by atoms with van der Waals surface area (Å²) in [5, 5.41) is 11.7. The maximum absolute atomic E-state index is 12.4. The molecule has 2 N–H and O–H groups in total. The van der Waals surface area contributed by atoms with Gasteiger partial charge in [0.2, 0.25) is 0 Å². The molecule has 2 heterocycles. The van der Waals surface area contributed by atoms with Crippen LogP contribution in [0.15, 0.2) is 36.5 Å². The third-order valence-corrected chi connectivity index (χ3v) is 5.24. The predicted octanol–water partition coefficient (Wildman–Crippen LogP) is 4.16. The number of aromatic amines is 1. The van der Waals surface area contributed by atoms with Crippen LogP contribution in [0.5, 0.6) is 0 Å². The van der Waals surface area contributed by atoms with E-state index in [0.29, 0.717) is 11.5 Å². The van der Waals surface area contributed by atoms with Gasteiger partial charge in [0.15, 0.2) is 0 Å². The lowest BCUT2D eigenvalue weighted by Crippen LogP contribution is -2.09. The normalized spacial score (nSPS) is 12.4. The van der Waals surface area contributed by atoms with Crippen LogP contribution >= 0.6 is 11.3 Å². The molecule has 24 heavy (non-hydrogen) atoms. The van der Waals surface area contributed by atoms with Gasteiger partial charge in [-0.1, -0.05) is 18.2 Å². The molecule has 0 fully saturated rings. The molecule has 5 nitrogen and oxygen atoms in total. The fraction of sp³-hybridized carbons (Fsp3) is 0.222. The van der Waals surface area contributed by atoms with Crippen LogP contribution in [0.2, 0.25) is 0 Å². The fourth-order valence-electron chi connectivity index (χ4n) is 3.05. The molecule has 4 rings (SSSR count). The first-order valence-electron chi connectivity index (χ1n) is 7.95. The highest BCUT2D eigenvalue weighted by atomic mass is 32.1. The van der Waals surface area contributed by atoms with Crippen LogP contribution in [0.3, 0.4) is 0 Å². The number of nitrogens with one attached hydrogen (secondary N) is 2. The van der Waals surface area contributed by atoms with Crippen LogP contribution in [-0.4, -0.2) is 22.8 Å². The van der Waals surface area contributed by atoms with Crippen molar-refractivity contribution in [2.45, 2.75) is 19.8 Å². The average Bonchev–Trinajstić information content (AvgIpc) is 3.20. The van der Waals surface area contributed by atoms with E-state index in [0.717, 1.165) is 40.4 Å². The molecule has 0 radical (unpaired) electrons. The third-order valence-electron chi connectivity index (χ3n) is 4.11. The van der Waals surface area contributed by atoms with Crippen molar-refractivity contribution < 1.29 is 9.53 Å². The first kappa shape index (κ1) is 15.0. The Kier molecular flexibility index (Phi) is 3.82. The van der Waals surface area contributed by atoms with Gasteiger partial charge in [0, 0.05) is 11.3 Å². The summed E-state index contributed by atoms with van der Waals surface area (Å²) in [7, 11) is 0. The zero-order chi connectivity index (χ0) is 16.5. The van der Waals surface area contributed by atoms with Gasteiger partial charge in [-0.15, -0.1) is 11.3 Å². The SMILES string of the molecule is CCOC(=O)c1sc(Nc2ccccc2)c2c1CCc1cn[nH]c1-2. The molecular weight excluding hydrogens is 322 g/mol. The Hall–Kier alpha value is -2.60. The summed E-state index contributed by atoms with van der Waals surface area (Å²) in [6, 6.07) is 9.96. The van der Waals surface area contributed by atoms with Gasteiger partial charge in [-0.05, 0) is 43.0 Å². The number of hydrogen-bond donors (Lipinski definition) is 2. The van der Waals surface area contributed by atoms with Crippen molar-refractivity contribution in [1.29, 1.82) is 0 Å². The summed E-state index contributed by atoms with van der Waals surface area (Å²) in [5.41, 5.74) is 5.27. The Bertz CT molecular complexity index is 883. The number of carbonyl (C=O) groups is 1. The van der Waals surface area contributed by atoms with E-state index in [9.17, 15) is 4.79 Å². The third kappa shape index (κ3) is 2.49. The summed E-state index contributed by atoms with van der Waals surface area (Å²) in [4.78, 5) is 13.1. The lowest BCUT2D eigenvalue weighted by Gasteiger charge is -2.15. The van der Waals surface area contributed by atoms with Gasteiger partial charge in [0.25, 0.3) is 0 Å². The molecule has 0 saturated heterocycles. The minimum Gasteiger partial charge on any atom is -0.462 e. The maximum Gasteiger partial charge on any atom is 0.348 e. The van der Waals surface area contributed by atoms with E-state index in [2.05, 4.69) is 15.5 Å². The number of aryl methyl sites for hydroxylation is 1. The van der Waals surface area contributed by atoms with Crippen LogP contribution < -0.4 is 5.32 Å². The number of carbonyl (C=O) groups excluding carboxylic acids is 1. The largest absolute Gasteiger partial charge is 0.462 e. The second kappa shape index (κ2) is 6.13. The first-order chi connectivity index (χ1) is 11.8. The van der Waals surface area contributed by atoms with Crippen molar-refractivity contribution in [3.63, 3.8) is 0 Å². The van der Waals surface area contributed by atoms with E-state index in [-0.39, 0.29) is 5.97 Å². The molecule has 1 aliphatic rings. The number of aromatic nitrogens is 2. The Labute approximate surface area is 143 Å². The highest BCUT2D eigenvalue weighted by molar-refractivity contribution is 7.18. The molecule has 0 amide bonds. The minimum atomic E-state index is -0.247. The lowest BCUT2D eigenvalue weighted by atomic mass is 9.91. The van der Waals surface area contributed by atoms with Crippen molar-refractivity contribution in [2.24, 2.45) is 0 Å². The first-order valence-corrected chi connectivity index (χ1v) is 8.77. The number of ether oxygens (including phenoxy) is 1. The maximum atomic E-state index is 12.4. The van der Waals surface area contributed by atoms with Crippen LogP contribution in [-0.2, 0) is 17.6 Å². The van der Waals surface area contributed by atoms with Crippen molar-refractivity contribution in [3.05, 3.63) is 52.5 Å². The number of thiophene rings is 1. The summed E-state index contributed by atoms with van der Waals surface area (Å²) in [6.45, 7) is 2.20. The van der Waals surface area contributed by atoms with Gasteiger partial charge < -0.3 is 10.1 Å². The smallest absolute Gasteiger partial charge is 0.348 e. The van der Waals surface area contributed by atoms with Crippen LogP contribution in [0.25, 0.3) is 11.3 Å². The van der Waals surface area contributed by atoms with Gasteiger partial charge in [-0.25, -0.2) is 4.79 Å². The lowest BCUT2D eigenvalue weighted by molar-refractivity contribution is 0.0531. The zero-order valence-corrected chi connectivity index (χ0v) is 14.1. The topological polar surface area (TPSA) is 67.0 Å². The molecule has 0 atom stereocenters. The fourth-order valence-corrected chi connectivity index (χ4v) is 4.22. The molecule has 2 aromatic heterocycles. The van der Waals surface area contributed by atoms with E-state index in [1.807, 2.05) is 43.5 Å². The number of rotatable bonds is 4. The molecule has 0 bridgehead atoms. The molecule has 0 spiro atoms. The Morgan fingerprint density at radius 1 is 1.33 bits per heavy atom. The van der Waals surface area contributed by atoms with Gasteiger partial charge in [0.05, 0.1) is 18.5 Å². The van der Waals surface area contributed by atoms with Crippen LogP contribution in [0, 0.1) is 0 Å². The second-order valence-corrected chi connectivity index (χ2v) is 6.62. The van der Waals surface area contributed by atoms with Gasteiger partial charge >= 0.3 is 5.97 Å². The molecule has 0 saturated carbocycles. The van der Waals surface area contributed by atoms with Crippen molar-refractivity contribution in [3.8, 4) is 11.3 Å². The Balaban J connectivity index is 1.83. The number of nitrogens with zero attached hydrogens (tertiary/aromatic N) is 1. The van der Waals surface area contributed by atoms with Crippen molar-refractivity contribution in [2.75, 3.05) is 11.9 Å². The predicted molar refractivity (Wildman–Crippen MR) is 95.0 cm³/mol. The highest BCUT2D eigenvalue weighted by Crippen LogP contribution is 2.46. The summed E-state index contributed by atoms with van der Waals surface area (Å²) in [6.07, 6.45) is 3.57. The molecule has 0 aliphatic heterocycles. The average molecular weight is 339 g/mol. The van der Waals surface area contributed by atoms with Gasteiger partial charge in [0.1, 0.15) is 9.88 Å². The molecule has 122 valence electrons. The zero-order valence-electron chi connectivity index (χ0n) is 13.3. The highest BCUT2D eigenvalue weighted by Gasteiger charge is 2.29. The van der Waals surface area contributed by atoms with E-state index in [1.54, 1.807) is 0 Å². The molecule has 6 heteroatoms. The summed E-state index contributed by atoms with van der Waals surface area (Å²) < 4.78 is 5.24. The quantitative estimate of drug-likeness (QED) is 0.701.